The Bertz CT molecular complexity index is 402. The Labute approximate surface area is 103 Å². The number of benzene rings is 1. The lowest BCUT2D eigenvalue weighted by atomic mass is 10.2. The van der Waals surface area contributed by atoms with Crippen LogP contribution in [-0.2, 0) is 4.79 Å². The highest BCUT2D eigenvalue weighted by atomic mass is 79.9. The van der Waals surface area contributed by atoms with E-state index < -0.39 is 0 Å². The average molecular weight is 284 g/mol. The summed E-state index contributed by atoms with van der Waals surface area (Å²) in [7, 11) is 0. The summed E-state index contributed by atoms with van der Waals surface area (Å²) in [6.07, 6.45) is 2.20. The van der Waals surface area contributed by atoms with Crippen molar-refractivity contribution in [2.45, 2.75) is 25.8 Å². The first-order valence-electron chi connectivity index (χ1n) is 5.33. The fourth-order valence-electron chi connectivity index (χ4n) is 1.35. The summed E-state index contributed by atoms with van der Waals surface area (Å²) in [5.74, 6) is 0.690. The summed E-state index contributed by atoms with van der Waals surface area (Å²) in [6, 6.07) is 6.07. The average Bonchev–Trinajstić information content (AvgIpc) is 3.04. The van der Waals surface area contributed by atoms with E-state index in [2.05, 4.69) is 21.2 Å². The number of hydrogen-bond donors (Lipinski definition) is 1. The van der Waals surface area contributed by atoms with Crippen molar-refractivity contribution >= 4 is 21.8 Å². The lowest BCUT2D eigenvalue weighted by Crippen LogP contribution is -2.30. The molecule has 1 saturated carbocycles. The van der Waals surface area contributed by atoms with Gasteiger partial charge in [0.05, 0.1) is 0 Å². The molecule has 3 nitrogen and oxygen atoms in total. The number of carbonyl (C=O) groups is 1. The van der Waals surface area contributed by atoms with Gasteiger partial charge in [-0.3, -0.25) is 4.79 Å². The van der Waals surface area contributed by atoms with Crippen LogP contribution in [0.5, 0.6) is 5.75 Å². The molecule has 1 aromatic rings. The smallest absolute Gasteiger partial charge is 0.258 e. The molecular weight excluding hydrogens is 270 g/mol. The van der Waals surface area contributed by atoms with Crippen LogP contribution in [0.25, 0.3) is 0 Å². The second-order valence-corrected chi connectivity index (χ2v) is 4.90. The maximum absolute atomic E-state index is 11.4. The lowest BCUT2D eigenvalue weighted by Gasteiger charge is -2.07. The third-order valence-corrected chi connectivity index (χ3v) is 3.33. The van der Waals surface area contributed by atoms with Crippen LogP contribution >= 0.6 is 15.9 Å². The molecule has 86 valence electrons. The van der Waals surface area contributed by atoms with Crippen molar-refractivity contribution in [3.63, 3.8) is 0 Å². The molecule has 0 radical (unpaired) electrons. The number of carbonyl (C=O) groups excluding carboxylic acids is 1. The van der Waals surface area contributed by atoms with Crippen molar-refractivity contribution in [1.29, 1.82) is 0 Å². The monoisotopic (exact) mass is 283 g/mol. The number of hydrogen-bond acceptors (Lipinski definition) is 2. The van der Waals surface area contributed by atoms with E-state index in [-0.39, 0.29) is 12.5 Å². The van der Waals surface area contributed by atoms with Gasteiger partial charge in [-0.05, 0) is 43.5 Å². The zero-order chi connectivity index (χ0) is 11.5. The predicted octanol–water partition coefficient (Wildman–Crippen LogP) is 2.41. The van der Waals surface area contributed by atoms with Crippen LogP contribution in [0.15, 0.2) is 22.7 Å². The molecular formula is C12H14BrNO2. The van der Waals surface area contributed by atoms with Gasteiger partial charge in [0.25, 0.3) is 5.91 Å². The molecule has 0 heterocycles. The minimum absolute atomic E-state index is 0.0388. The van der Waals surface area contributed by atoms with Gasteiger partial charge in [-0.1, -0.05) is 15.9 Å². The molecule has 0 unspecified atom stereocenters. The van der Waals surface area contributed by atoms with E-state index >= 15 is 0 Å². The van der Waals surface area contributed by atoms with Crippen LogP contribution in [0.2, 0.25) is 0 Å². The fraction of sp³-hybridized carbons (Fsp3) is 0.417. The number of halogens is 1. The van der Waals surface area contributed by atoms with Crippen LogP contribution in [0, 0.1) is 6.92 Å². The molecule has 1 N–H and O–H groups in total. The van der Waals surface area contributed by atoms with Crippen LogP contribution in [0.1, 0.15) is 18.4 Å². The number of rotatable bonds is 4. The molecule has 0 atom stereocenters. The zero-order valence-electron chi connectivity index (χ0n) is 9.13. The van der Waals surface area contributed by atoms with Crippen LogP contribution in [0.3, 0.4) is 0 Å². The van der Waals surface area contributed by atoms with Crippen molar-refractivity contribution < 1.29 is 9.53 Å². The van der Waals surface area contributed by atoms with E-state index in [1.165, 1.54) is 0 Å². The first-order valence-corrected chi connectivity index (χ1v) is 6.13. The zero-order valence-corrected chi connectivity index (χ0v) is 10.7. The highest BCUT2D eigenvalue weighted by Gasteiger charge is 2.23. The predicted molar refractivity (Wildman–Crippen MR) is 65.5 cm³/mol. The Morgan fingerprint density at radius 2 is 2.31 bits per heavy atom. The summed E-state index contributed by atoms with van der Waals surface area (Å²) < 4.78 is 6.44. The summed E-state index contributed by atoms with van der Waals surface area (Å²) in [5.41, 5.74) is 1.10. The molecule has 1 aromatic carbocycles. The lowest BCUT2D eigenvalue weighted by molar-refractivity contribution is -0.123. The van der Waals surface area contributed by atoms with E-state index in [1.807, 2.05) is 25.1 Å². The first kappa shape index (κ1) is 11.5. The number of ether oxygens (including phenoxy) is 1. The minimum Gasteiger partial charge on any atom is -0.484 e. The Morgan fingerprint density at radius 1 is 1.56 bits per heavy atom. The third kappa shape index (κ3) is 3.23. The van der Waals surface area contributed by atoms with Crippen molar-refractivity contribution in [2.75, 3.05) is 6.61 Å². The van der Waals surface area contributed by atoms with Gasteiger partial charge >= 0.3 is 0 Å². The summed E-state index contributed by atoms with van der Waals surface area (Å²) in [4.78, 5) is 11.4. The van der Waals surface area contributed by atoms with Gasteiger partial charge in [0.15, 0.2) is 6.61 Å². The second kappa shape index (κ2) is 4.87. The molecule has 16 heavy (non-hydrogen) atoms. The Hall–Kier alpha value is -1.03. The normalized spacial score (nSPS) is 14.6. The summed E-state index contributed by atoms with van der Waals surface area (Å²) in [6.45, 7) is 2.08. The maximum atomic E-state index is 11.4. The molecule has 0 aliphatic heterocycles. The number of amides is 1. The molecule has 0 spiro atoms. The minimum atomic E-state index is -0.0388. The molecule has 2 rings (SSSR count). The van der Waals surface area contributed by atoms with Crippen molar-refractivity contribution in [1.82, 2.24) is 5.32 Å². The molecule has 4 heteroatoms. The second-order valence-electron chi connectivity index (χ2n) is 4.04. The van der Waals surface area contributed by atoms with Gasteiger partial charge in [0.1, 0.15) is 5.75 Å². The number of nitrogens with one attached hydrogen (secondary N) is 1. The van der Waals surface area contributed by atoms with Gasteiger partial charge in [-0.2, -0.15) is 0 Å². The Kier molecular flexibility index (Phi) is 3.49. The Morgan fingerprint density at radius 3 is 2.94 bits per heavy atom. The van der Waals surface area contributed by atoms with Crippen molar-refractivity contribution in [3.05, 3.63) is 28.2 Å². The maximum Gasteiger partial charge on any atom is 0.258 e. The van der Waals surface area contributed by atoms with Crippen molar-refractivity contribution in [2.24, 2.45) is 0 Å². The molecule has 1 fully saturated rings. The molecule has 0 saturated heterocycles. The van der Waals surface area contributed by atoms with Gasteiger partial charge in [0, 0.05) is 10.5 Å². The third-order valence-electron chi connectivity index (χ3n) is 2.44. The quantitative estimate of drug-likeness (QED) is 0.922. The van der Waals surface area contributed by atoms with Gasteiger partial charge in [-0.25, -0.2) is 0 Å². The fourth-order valence-corrected chi connectivity index (χ4v) is 1.60. The molecule has 1 amide bonds. The van der Waals surface area contributed by atoms with Gasteiger partial charge in [-0.15, -0.1) is 0 Å². The Balaban J connectivity index is 1.83. The largest absolute Gasteiger partial charge is 0.484 e. The van der Waals surface area contributed by atoms with Gasteiger partial charge < -0.3 is 10.1 Å². The molecule has 0 bridgehead atoms. The highest BCUT2D eigenvalue weighted by molar-refractivity contribution is 9.10. The first-order chi connectivity index (χ1) is 7.65. The highest BCUT2D eigenvalue weighted by Crippen LogP contribution is 2.21. The van der Waals surface area contributed by atoms with E-state index in [9.17, 15) is 4.79 Å². The molecule has 0 aromatic heterocycles. The van der Waals surface area contributed by atoms with Gasteiger partial charge in [0.2, 0.25) is 0 Å². The van der Waals surface area contributed by atoms with Crippen molar-refractivity contribution in [3.8, 4) is 5.75 Å². The number of aryl methyl sites for hydroxylation is 1. The van der Waals surface area contributed by atoms with Crippen LogP contribution < -0.4 is 10.1 Å². The summed E-state index contributed by atoms with van der Waals surface area (Å²) in [5, 5.41) is 2.88. The van der Waals surface area contributed by atoms with E-state index in [1.54, 1.807) is 0 Å². The summed E-state index contributed by atoms with van der Waals surface area (Å²) >= 11 is 3.42. The topological polar surface area (TPSA) is 38.3 Å². The van der Waals surface area contributed by atoms with E-state index in [4.69, 9.17) is 4.74 Å². The molecule has 1 aliphatic rings. The molecule has 1 aliphatic carbocycles. The standard InChI is InChI=1S/C12H14BrNO2/c1-8-6-10(4-5-11(8)13)16-7-12(15)14-9-2-3-9/h4-6,9H,2-3,7H2,1H3,(H,14,15). The van der Waals surface area contributed by atoms with Crippen LogP contribution in [0.4, 0.5) is 0 Å². The SMILES string of the molecule is Cc1cc(OCC(=O)NC2CC2)ccc1Br. The van der Waals surface area contributed by atoms with E-state index in [0.717, 1.165) is 28.6 Å². The van der Waals surface area contributed by atoms with E-state index in [0.29, 0.717) is 6.04 Å². The van der Waals surface area contributed by atoms with Crippen LogP contribution in [-0.4, -0.2) is 18.6 Å².